The number of carbonyl (C=O) groups excluding carboxylic acids is 1. The second kappa shape index (κ2) is 6.47. The van der Waals surface area contributed by atoms with Gasteiger partial charge in [0, 0.05) is 36.9 Å². The van der Waals surface area contributed by atoms with Crippen molar-refractivity contribution in [3.8, 4) is 0 Å². The number of anilines is 1. The van der Waals surface area contributed by atoms with E-state index in [4.69, 9.17) is 10.3 Å². The van der Waals surface area contributed by atoms with Crippen LogP contribution in [0.2, 0.25) is 0 Å². The zero-order valence-corrected chi connectivity index (χ0v) is 14.4. The lowest BCUT2D eigenvalue weighted by molar-refractivity contribution is 0.0711. The maximum absolute atomic E-state index is 14.0. The van der Waals surface area contributed by atoms with E-state index in [1.165, 1.54) is 6.07 Å². The number of benzene rings is 1. The van der Waals surface area contributed by atoms with E-state index in [0.717, 1.165) is 24.1 Å². The maximum atomic E-state index is 14.0. The van der Waals surface area contributed by atoms with E-state index in [2.05, 4.69) is 5.16 Å². The third-order valence-electron chi connectivity index (χ3n) is 4.33. The Balaban J connectivity index is 1.69. The molecule has 134 valence electrons. The molecule has 2 heterocycles. The zero-order chi connectivity index (χ0) is 18.2. The molecule has 9 heteroatoms. The lowest BCUT2D eigenvalue weighted by Crippen LogP contribution is -2.38. The van der Waals surface area contributed by atoms with Crippen LogP contribution in [0.4, 0.5) is 10.3 Å². The Hall–Kier alpha value is -2.42. The Kier molecular flexibility index (Phi) is 4.51. The summed E-state index contributed by atoms with van der Waals surface area (Å²) in [4.78, 5) is 13.7. The van der Waals surface area contributed by atoms with Crippen molar-refractivity contribution in [3.63, 3.8) is 0 Å². The lowest BCUT2D eigenvalue weighted by atomic mass is 9.93. The molecule has 2 aromatic rings. The molecule has 1 saturated heterocycles. The molecular formula is C16H18FN3O4S. The largest absolute Gasteiger partial charge is 0.368 e. The minimum Gasteiger partial charge on any atom is -0.368 e. The highest BCUT2D eigenvalue weighted by atomic mass is 32.2. The summed E-state index contributed by atoms with van der Waals surface area (Å²) in [7, 11) is -3.66. The van der Waals surface area contributed by atoms with Crippen LogP contribution in [0.3, 0.4) is 0 Å². The fourth-order valence-corrected chi connectivity index (χ4v) is 3.72. The van der Waals surface area contributed by atoms with Gasteiger partial charge in [-0.25, -0.2) is 12.8 Å². The van der Waals surface area contributed by atoms with E-state index in [1.807, 2.05) is 0 Å². The second-order valence-electron chi connectivity index (χ2n) is 6.14. The highest BCUT2D eigenvalue weighted by Gasteiger charge is 2.27. The third-order valence-corrected chi connectivity index (χ3v) is 5.46. The number of halogens is 1. The van der Waals surface area contributed by atoms with Crippen LogP contribution in [0, 0.1) is 5.82 Å². The van der Waals surface area contributed by atoms with Gasteiger partial charge in [0.15, 0.2) is 9.84 Å². The average Bonchev–Trinajstić information content (AvgIpc) is 2.99. The van der Waals surface area contributed by atoms with Crippen LogP contribution in [0.1, 0.15) is 34.8 Å². The SMILES string of the molecule is CS(=O)(=O)c1ccc(C(=O)N2CCC(c3cc(N)on3)CC2)cc1F. The summed E-state index contributed by atoms with van der Waals surface area (Å²) < 4.78 is 41.8. The Morgan fingerprint density at radius 3 is 2.52 bits per heavy atom. The van der Waals surface area contributed by atoms with E-state index in [-0.39, 0.29) is 23.3 Å². The second-order valence-corrected chi connectivity index (χ2v) is 8.12. The maximum Gasteiger partial charge on any atom is 0.253 e. The molecule has 3 rings (SSSR count). The predicted molar refractivity (Wildman–Crippen MR) is 88.3 cm³/mol. The molecule has 25 heavy (non-hydrogen) atoms. The molecule has 1 amide bonds. The van der Waals surface area contributed by atoms with Gasteiger partial charge in [0.05, 0.1) is 5.69 Å². The van der Waals surface area contributed by atoms with Gasteiger partial charge in [0.1, 0.15) is 10.7 Å². The van der Waals surface area contributed by atoms with Gasteiger partial charge >= 0.3 is 0 Å². The van der Waals surface area contributed by atoms with Gasteiger partial charge in [-0.15, -0.1) is 0 Å². The highest BCUT2D eigenvalue weighted by Crippen LogP contribution is 2.29. The van der Waals surface area contributed by atoms with Crippen molar-refractivity contribution in [1.82, 2.24) is 10.1 Å². The van der Waals surface area contributed by atoms with E-state index in [9.17, 15) is 17.6 Å². The van der Waals surface area contributed by atoms with Crippen LogP contribution in [0.5, 0.6) is 0 Å². The van der Waals surface area contributed by atoms with Crippen molar-refractivity contribution < 1.29 is 22.1 Å². The standard InChI is InChI=1S/C16H18FN3O4S/c1-25(22,23)14-3-2-11(8-12(14)17)16(21)20-6-4-10(5-7-20)13-9-15(18)24-19-13/h2-3,8-10H,4-7,18H2,1H3. The first-order chi connectivity index (χ1) is 11.8. The molecule has 2 N–H and O–H groups in total. The summed E-state index contributed by atoms with van der Waals surface area (Å²) in [5.41, 5.74) is 6.43. The first-order valence-electron chi connectivity index (χ1n) is 7.76. The van der Waals surface area contributed by atoms with Gasteiger partial charge in [-0.2, -0.15) is 0 Å². The molecule has 1 fully saturated rings. The summed E-state index contributed by atoms with van der Waals surface area (Å²) in [6.45, 7) is 0.984. The van der Waals surface area contributed by atoms with Crippen LogP contribution in [-0.4, -0.2) is 43.7 Å². The van der Waals surface area contributed by atoms with E-state index < -0.39 is 20.5 Å². The number of nitrogen functional groups attached to an aromatic ring is 1. The number of carbonyl (C=O) groups is 1. The van der Waals surface area contributed by atoms with Crippen molar-refractivity contribution in [3.05, 3.63) is 41.3 Å². The van der Waals surface area contributed by atoms with Crippen molar-refractivity contribution in [2.45, 2.75) is 23.7 Å². The van der Waals surface area contributed by atoms with Crippen molar-refractivity contribution in [2.24, 2.45) is 0 Å². The van der Waals surface area contributed by atoms with Crippen LogP contribution in [-0.2, 0) is 9.84 Å². The van der Waals surface area contributed by atoms with Gasteiger partial charge in [-0.1, -0.05) is 5.16 Å². The highest BCUT2D eigenvalue weighted by molar-refractivity contribution is 7.90. The van der Waals surface area contributed by atoms with Crippen LogP contribution < -0.4 is 5.73 Å². The third kappa shape index (κ3) is 3.65. The first-order valence-corrected chi connectivity index (χ1v) is 9.66. The molecule has 0 unspecified atom stereocenters. The topological polar surface area (TPSA) is 106 Å². The molecule has 0 saturated carbocycles. The molecule has 0 aliphatic carbocycles. The molecule has 1 aliphatic heterocycles. The molecule has 1 aliphatic rings. The summed E-state index contributed by atoms with van der Waals surface area (Å²) in [5.74, 6) is -0.817. The fraction of sp³-hybridized carbons (Fsp3) is 0.375. The molecule has 1 aromatic carbocycles. The summed E-state index contributed by atoms with van der Waals surface area (Å²) >= 11 is 0. The number of likely N-dealkylation sites (tertiary alicyclic amines) is 1. The Bertz CT molecular complexity index is 902. The first kappa shape index (κ1) is 17.4. The van der Waals surface area contributed by atoms with Crippen LogP contribution >= 0.6 is 0 Å². The summed E-state index contributed by atoms with van der Waals surface area (Å²) in [6, 6.07) is 5.12. The Labute approximate surface area is 144 Å². The number of aromatic nitrogens is 1. The number of nitrogens with two attached hydrogens (primary N) is 1. The summed E-state index contributed by atoms with van der Waals surface area (Å²) in [5, 5.41) is 3.90. The average molecular weight is 367 g/mol. The zero-order valence-electron chi connectivity index (χ0n) is 13.6. The smallest absolute Gasteiger partial charge is 0.253 e. The molecule has 0 radical (unpaired) electrons. The lowest BCUT2D eigenvalue weighted by Gasteiger charge is -2.31. The van der Waals surface area contributed by atoms with Gasteiger partial charge in [-0.3, -0.25) is 4.79 Å². The van der Waals surface area contributed by atoms with Crippen molar-refractivity contribution in [2.75, 3.05) is 25.1 Å². The number of sulfone groups is 1. The quantitative estimate of drug-likeness (QED) is 0.887. The molecule has 0 spiro atoms. The monoisotopic (exact) mass is 367 g/mol. The molecule has 0 atom stereocenters. The number of piperidine rings is 1. The minimum absolute atomic E-state index is 0.133. The minimum atomic E-state index is -3.66. The fourth-order valence-electron chi connectivity index (χ4n) is 2.99. The van der Waals surface area contributed by atoms with Gasteiger partial charge < -0.3 is 15.2 Å². The van der Waals surface area contributed by atoms with E-state index in [0.29, 0.717) is 25.9 Å². The van der Waals surface area contributed by atoms with E-state index >= 15 is 0 Å². The number of nitrogens with zero attached hydrogens (tertiary/aromatic N) is 2. The molecule has 0 bridgehead atoms. The number of hydrogen-bond donors (Lipinski definition) is 1. The van der Waals surface area contributed by atoms with E-state index in [1.54, 1.807) is 11.0 Å². The number of hydrogen-bond acceptors (Lipinski definition) is 6. The number of rotatable bonds is 3. The van der Waals surface area contributed by atoms with Crippen molar-refractivity contribution in [1.29, 1.82) is 0 Å². The Morgan fingerprint density at radius 2 is 2.00 bits per heavy atom. The molecule has 7 nitrogen and oxygen atoms in total. The van der Waals surface area contributed by atoms with Crippen LogP contribution in [0.15, 0.2) is 33.7 Å². The molecule has 1 aromatic heterocycles. The van der Waals surface area contributed by atoms with Crippen LogP contribution in [0.25, 0.3) is 0 Å². The summed E-state index contributed by atoms with van der Waals surface area (Å²) in [6.07, 6.45) is 2.32. The normalized spacial score (nSPS) is 16.2. The Morgan fingerprint density at radius 1 is 1.32 bits per heavy atom. The van der Waals surface area contributed by atoms with Gasteiger partial charge in [0.2, 0.25) is 5.88 Å². The van der Waals surface area contributed by atoms with Gasteiger partial charge in [-0.05, 0) is 31.0 Å². The predicted octanol–water partition coefficient (Wildman–Crippen LogP) is 1.82. The van der Waals surface area contributed by atoms with Gasteiger partial charge in [0.25, 0.3) is 5.91 Å². The van der Waals surface area contributed by atoms with Crippen molar-refractivity contribution >= 4 is 21.6 Å². The number of amides is 1. The molecular weight excluding hydrogens is 349 g/mol.